The van der Waals surface area contributed by atoms with E-state index >= 15 is 0 Å². The second-order valence-corrected chi connectivity index (χ2v) is 23.2. The fourth-order valence-electron chi connectivity index (χ4n) is 9.83. The zero-order chi connectivity index (χ0) is 73.6. The van der Waals surface area contributed by atoms with Crippen molar-refractivity contribution >= 4 is 58.6 Å². The van der Waals surface area contributed by atoms with Crippen LogP contribution in [0.1, 0.15) is 85.2 Å². The second kappa shape index (κ2) is 37.9. The highest BCUT2D eigenvalue weighted by Crippen LogP contribution is 2.26. The van der Waals surface area contributed by atoms with Crippen molar-refractivity contribution in [1.29, 1.82) is 0 Å². The molecule has 10 aromatic rings. The number of hydrogen-bond donors (Lipinski definition) is 5. The molecule has 5 amide bonds. The zero-order valence-electron chi connectivity index (χ0n) is 56.0. The molecule has 10 rings (SSSR count). The molecule has 0 atom stereocenters. The lowest BCUT2D eigenvalue weighted by atomic mass is 10.1. The lowest BCUT2D eigenvalue weighted by Crippen LogP contribution is -2.18. The normalized spacial score (nSPS) is 10.6. The van der Waals surface area contributed by atoms with Crippen molar-refractivity contribution in [1.82, 2.24) is 24.9 Å². The van der Waals surface area contributed by atoms with Crippen molar-refractivity contribution in [3.8, 4) is 47.5 Å². The first-order valence-corrected chi connectivity index (χ1v) is 32.0. The maximum Gasteiger partial charge on any atom is 0.573 e. The highest BCUT2D eigenvalue weighted by atomic mass is 19.4. The molecule has 0 fully saturated rings. The lowest BCUT2D eigenvalue weighted by molar-refractivity contribution is -0.275. The fraction of sp³-hybridized carbons (Fsp3) is 0.175. The Morgan fingerprint density at radius 2 is 0.641 bits per heavy atom. The van der Waals surface area contributed by atoms with Crippen LogP contribution >= 0.6 is 0 Å². The Morgan fingerprint density at radius 1 is 0.359 bits per heavy atom. The van der Waals surface area contributed by atoms with Crippen molar-refractivity contribution < 1.29 is 59.8 Å². The molecule has 0 aliphatic heterocycles. The first kappa shape index (κ1) is 75.8. The van der Waals surface area contributed by atoms with Crippen molar-refractivity contribution in [2.24, 2.45) is 0 Å². The van der Waals surface area contributed by atoms with Crippen LogP contribution in [0.5, 0.6) is 11.5 Å². The molecule has 5 aromatic heterocycles. The van der Waals surface area contributed by atoms with E-state index in [0.29, 0.717) is 63.9 Å². The fourth-order valence-corrected chi connectivity index (χ4v) is 9.83. The molecule has 17 nitrogen and oxygen atoms in total. The van der Waals surface area contributed by atoms with Crippen LogP contribution in [0.4, 0.5) is 55.4 Å². The first-order valence-electron chi connectivity index (χ1n) is 32.0. The third-order valence-corrected chi connectivity index (χ3v) is 14.4. The largest absolute Gasteiger partial charge is 0.573 e. The van der Waals surface area contributed by atoms with E-state index in [2.05, 4.69) is 90.6 Å². The smallest absolute Gasteiger partial charge is 0.406 e. The number of benzene rings is 5. The maximum atomic E-state index is 12.4. The predicted molar refractivity (Wildman–Crippen MR) is 381 cm³/mol. The molecule has 0 aliphatic carbocycles. The van der Waals surface area contributed by atoms with Crippen molar-refractivity contribution in [3.63, 3.8) is 0 Å². The van der Waals surface area contributed by atoms with Crippen LogP contribution in [0.25, 0.3) is 0 Å². The quantitative estimate of drug-likeness (QED) is 0.0243. The number of rotatable bonds is 22. The summed E-state index contributed by atoms with van der Waals surface area (Å²) < 4.78 is 82.2. The summed E-state index contributed by atoms with van der Waals surface area (Å²) in [6.45, 7) is 5.97. The SMILES string of the molecule is C#Cc1ccc(NC(=O)Cc2cccc(C)c2)nc1.Cc1cccc(CC(=O)Nc2ccc(C#CC#Cc3ccc(NC(=O)Cc4cccc(OC(F)(F)F)c4)nc3)cn2)c1.Cc1cccc(CC(=O)Nc2ccc(CCCCc3ccc(NC(=O)Cc4cccc(OC(F)(F)F)c4)nc3)cn2)c1. The number of unbranched alkanes of at least 4 members (excludes halogenated alkanes) is 1. The first-order chi connectivity index (χ1) is 49.4. The third-order valence-electron chi connectivity index (χ3n) is 14.4. The summed E-state index contributed by atoms with van der Waals surface area (Å²) in [6.07, 6.45) is 7.80. The molecule has 23 heteroatoms. The molecule has 103 heavy (non-hydrogen) atoms. The Kier molecular flexibility index (Phi) is 27.9. The molecule has 0 saturated carbocycles. The number of amides is 5. The van der Waals surface area contributed by atoms with Crippen LogP contribution in [-0.4, -0.2) is 67.2 Å². The highest BCUT2D eigenvalue weighted by Gasteiger charge is 2.32. The van der Waals surface area contributed by atoms with E-state index in [1.807, 2.05) is 112 Å². The minimum atomic E-state index is -4.81. The number of terminal acetylenes is 1. The molecule has 0 spiro atoms. The average Bonchev–Trinajstić information content (AvgIpc) is 0.931. The summed E-state index contributed by atoms with van der Waals surface area (Å²) in [5.41, 5.74) is 10.9. The predicted octanol–water partition coefficient (Wildman–Crippen LogP) is 14.6. The number of nitrogens with one attached hydrogen (secondary N) is 5. The zero-order valence-corrected chi connectivity index (χ0v) is 56.0. The van der Waals surface area contributed by atoms with Gasteiger partial charge in [-0.2, -0.15) is 0 Å². The molecule has 0 aliphatic rings. The number of nitrogens with zero attached hydrogens (tertiary/aromatic N) is 5. The van der Waals surface area contributed by atoms with Gasteiger partial charge in [0.1, 0.15) is 40.6 Å². The second-order valence-electron chi connectivity index (χ2n) is 23.2. The Labute approximate surface area is 591 Å². The number of aromatic nitrogens is 5. The van der Waals surface area contributed by atoms with E-state index < -0.39 is 30.3 Å². The molecule has 0 unspecified atom stereocenters. The van der Waals surface area contributed by atoms with Gasteiger partial charge in [-0.3, -0.25) is 24.0 Å². The number of halogens is 6. The van der Waals surface area contributed by atoms with E-state index in [1.54, 1.807) is 67.1 Å². The topological polar surface area (TPSA) is 228 Å². The molecule has 0 radical (unpaired) electrons. The molecule has 0 saturated heterocycles. The number of hydrogen-bond acceptors (Lipinski definition) is 12. The van der Waals surface area contributed by atoms with Crippen LogP contribution in [0.15, 0.2) is 213 Å². The minimum Gasteiger partial charge on any atom is -0.406 e. The van der Waals surface area contributed by atoms with Gasteiger partial charge < -0.3 is 36.1 Å². The monoisotopic (exact) mass is 1390 g/mol. The van der Waals surface area contributed by atoms with Gasteiger partial charge in [-0.05, 0) is 170 Å². The van der Waals surface area contributed by atoms with Gasteiger partial charge in [0.15, 0.2) is 0 Å². The van der Waals surface area contributed by atoms with Gasteiger partial charge in [0.25, 0.3) is 0 Å². The maximum absolute atomic E-state index is 12.4. The van der Waals surface area contributed by atoms with Crippen LogP contribution < -0.4 is 36.1 Å². The molecular weight excluding hydrogens is 1330 g/mol. The Bertz CT molecular complexity index is 4720. The van der Waals surface area contributed by atoms with Gasteiger partial charge in [-0.15, -0.1) is 32.8 Å². The number of carbonyl (C=O) groups is 5. The van der Waals surface area contributed by atoms with Gasteiger partial charge >= 0.3 is 12.7 Å². The summed E-state index contributed by atoms with van der Waals surface area (Å²) in [5, 5.41) is 13.6. The van der Waals surface area contributed by atoms with Gasteiger partial charge in [0.2, 0.25) is 29.5 Å². The molecule has 522 valence electrons. The van der Waals surface area contributed by atoms with Crippen LogP contribution in [0.3, 0.4) is 0 Å². The van der Waals surface area contributed by atoms with Gasteiger partial charge in [-0.25, -0.2) is 24.9 Å². The summed E-state index contributed by atoms with van der Waals surface area (Å²) in [7, 11) is 0. The van der Waals surface area contributed by atoms with Crippen molar-refractivity contribution in [2.75, 3.05) is 26.6 Å². The van der Waals surface area contributed by atoms with Gasteiger partial charge in [-0.1, -0.05) is 144 Å². The number of anilines is 5. The van der Waals surface area contributed by atoms with E-state index in [9.17, 15) is 50.3 Å². The van der Waals surface area contributed by atoms with Gasteiger partial charge in [0.05, 0.1) is 32.1 Å². The number of alkyl halides is 6. The van der Waals surface area contributed by atoms with Crippen molar-refractivity contribution in [3.05, 3.63) is 285 Å². The van der Waals surface area contributed by atoms with Crippen LogP contribution in [-0.2, 0) is 68.9 Å². The van der Waals surface area contributed by atoms with E-state index in [1.165, 1.54) is 42.7 Å². The number of pyridine rings is 5. The summed E-state index contributed by atoms with van der Waals surface area (Å²) in [6, 6.07) is 51.4. The van der Waals surface area contributed by atoms with E-state index in [-0.39, 0.29) is 48.6 Å². The summed E-state index contributed by atoms with van der Waals surface area (Å²) in [4.78, 5) is 82.1. The molecule has 0 bridgehead atoms. The number of ether oxygens (including phenoxy) is 2. The minimum absolute atomic E-state index is 0.0912. The standard InChI is InChI=1S/C32H31F3N4O3.C32H23F3N4O3.C16H14N2O/c2*1-22-6-4-9-25(16-22)18-30(40)38-28-14-12-23(20-36-28)7-2-3-8-24-13-15-29(37-21-24)39-31(41)19-26-10-5-11-27(17-26)42-32(33,34)35;1-3-13-7-8-15(17-11-13)18-16(19)10-14-6-4-5-12(2)9-14/h4-6,9-17,20-21H,2-3,7-8,18-19H2,1H3,(H,36,38,40)(H,37,39,41);4-6,9-17,20-21H,18-19H2,1H3,(H,36,38,40)(H,37,39,41);1,4-9,11H,10H2,2H3,(H,17,18,19). The number of aryl methyl sites for hydroxylation is 5. The lowest BCUT2D eigenvalue weighted by Gasteiger charge is -2.10. The summed E-state index contributed by atoms with van der Waals surface area (Å²) in [5.74, 6) is 13.7. The van der Waals surface area contributed by atoms with Gasteiger partial charge in [0, 0.05) is 47.7 Å². The average molecular weight is 1400 g/mol. The molecule has 5 heterocycles. The van der Waals surface area contributed by atoms with E-state index in [0.717, 1.165) is 82.3 Å². The highest BCUT2D eigenvalue weighted by molar-refractivity contribution is 5.94. The van der Waals surface area contributed by atoms with Crippen LogP contribution in [0, 0.1) is 56.8 Å². The molecule has 5 aromatic carbocycles. The Morgan fingerprint density at radius 3 is 0.903 bits per heavy atom. The van der Waals surface area contributed by atoms with E-state index in [4.69, 9.17) is 6.42 Å². The Balaban J connectivity index is 0.000000209. The molecule has 5 N–H and O–H groups in total. The van der Waals surface area contributed by atoms with Crippen LogP contribution in [0.2, 0.25) is 0 Å². The van der Waals surface area contributed by atoms with Crippen molar-refractivity contribution in [2.45, 2.75) is 91.3 Å². The Hall–Kier alpha value is -12.9. The summed E-state index contributed by atoms with van der Waals surface area (Å²) >= 11 is 0. The third kappa shape index (κ3) is 28.8. The molecular formula is C80H68F6N10O7. The number of carbonyl (C=O) groups excluding carboxylic acids is 5.